The van der Waals surface area contributed by atoms with Crippen LogP contribution in [0.3, 0.4) is 0 Å². The van der Waals surface area contributed by atoms with Crippen molar-refractivity contribution in [1.82, 2.24) is 15.5 Å². The first kappa shape index (κ1) is 20.5. The molecule has 0 radical (unpaired) electrons. The number of carbonyl (C=O) groups is 3. The van der Waals surface area contributed by atoms with E-state index in [2.05, 4.69) is 10.6 Å². The van der Waals surface area contributed by atoms with Crippen LogP contribution in [0.15, 0.2) is 54.6 Å². The molecule has 7 heteroatoms. The number of carbonyl (C=O) groups excluding carboxylic acids is 3. The predicted molar refractivity (Wildman–Crippen MR) is 106 cm³/mol. The Morgan fingerprint density at radius 3 is 2.31 bits per heavy atom. The van der Waals surface area contributed by atoms with Crippen molar-refractivity contribution in [3.8, 4) is 0 Å². The van der Waals surface area contributed by atoms with Gasteiger partial charge in [0.05, 0.1) is 6.04 Å². The number of nitrogens with one attached hydrogen (secondary N) is 2. The van der Waals surface area contributed by atoms with Crippen LogP contribution in [0.5, 0.6) is 0 Å². The third-order valence-electron chi connectivity index (χ3n) is 5.14. The van der Waals surface area contributed by atoms with Gasteiger partial charge in [0, 0.05) is 0 Å². The van der Waals surface area contributed by atoms with Crippen LogP contribution in [0, 0.1) is 11.7 Å². The molecule has 0 bridgehead atoms. The van der Waals surface area contributed by atoms with Gasteiger partial charge in [-0.05, 0) is 36.1 Å². The maximum absolute atomic E-state index is 13.2. The van der Waals surface area contributed by atoms with Gasteiger partial charge < -0.3 is 10.6 Å². The number of rotatable bonds is 6. The normalized spacial score (nSPS) is 20.0. The summed E-state index contributed by atoms with van der Waals surface area (Å²) >= 11 is 0. The fraction of sp³-hybridized carbons (Fsp3) is 0.318. The summed E-state index contributed by atoms with van der Waals surface area (Å²) in [6.07, 6.45) is 0. The van der Waals surface area contributed by atoms with E-state index in [1.807, 2.05) is 19.9 Å². The van der Waals surface area contributed by atoms with Crippen molar-refractivity contribution in [2.24, 2.45) is 5.92 Å². The van der Waals surface area contributed by atoms with Gasteiger partial charge in [0.15, 0.2) is 0 Å². The third kappa shape index (κ3) is 4.13. The molecule has 0 aliphatic carbocycles. The summed E-state index contributed by atoms with van der Waals surface area (Å²) in [4.78, 5) is 38.9. The molecule has 0 aromatic heterocycles. The lowest BCUT2D eigenvalue weighted by molar-refractivity contribution is -0.135. The van der Waals surface area contributed by atoms with Crippen molar-refractivity contribution in [1.29, 1.82) is 0 Å². The molecular weight excluding hydrogens is 373 g/mol. The quantitative estimate of drug-likeness (QED) is 0.735. The molecule has 2 aromatic rings. The fourth-order valence-electron chi connectivity index (χ4n) is 3.48. The number of hydrogen-bond acceptors (Lipinski definition) is 3. The Kier molecular flexibility index (Phi) is 5.68. The average molecular weight is 397 g/mol. The number of imide groups is 1. The molecule has 2 atom stereocenters. The number of nitrogens with zero attached hydrogens (tertiary/aromatic N) is 1. The van der Waals surface area contributed by atoms with Gasteiger partial charge in [-0.2, -0.15) is 0 Å². The summed E-state index contributed by atoms with van der Waals surface area (Å²) in [7, 11) is 0. The SMILES string of the molecule is CC(C)C(NC(=O)CN1C(=O)NC(C)(c2ccccc2)C1=O)c1ccc(F)cc1. The molecule has 2 aromatic carbocycles. The van der Waals surface area contributed by atoms with Gasteiger partial charge in [-0.3, -0.25) is 14.5 Å². The summed E-state index contributed by atoms with van der Waals surface area (Å²) < 4.78 is 13.2. The summed E-state index contributed by atoms with van der Waals surface area (Å²) in [6.45, 7) is 5.08. The highest BCUT2D eigenvalue weighted by Crippen LogP contribution is 2.28. The Morgan fingerprint density at radius 2 is 1.72 bits per heavy atom. The minimum atomic E-state index is -1.22. The van der Waals surface area contributed by atoms with E-state index >= 15 is 0 Å². The Morgan fingerprint density at radius 1 is 1.10 bits per heavy atom. The molecule has 0 spiro atoms. The standard InChI is InChI=1S/C22H24FN3O3/c1-14(2)19(15-9-11-17(23)12-10-15)24-18(27)13-26-20(28)22(3,25-21(26)29)16-7-5-4-6-8-16/h4-12,14,19H,13H2,1-3H3,(H,24,27)(H,25,29). The van der Waals surface area contributed by atoms with Gasteiger partial charge in [-0.1, -0.05) is 56.3 Å². The Labute approximate surface area is 169 Å². The van der Waals surface area contributed by atoms with E-state index in [4.69, 9.17) is 0 Å². The van der Waals surface area contributed by atoms with E-state index in [0.717, 1.165) is 10.5 Å². The maximum atomic E-state index is 13.2. The van der Waals surface area contributed by atoms with Crippen LogP contribution in [0.4, 0.5) is 9.18 Å². The molecule has 3 rings (SSSR count). The molecule has 4 amide bonds. The molecule has 152 valence electrons. The zero-order chi connectivity index (χ0) is 21.2. The lowest BCUT2D eigenvalue weighted by Gasteiger charge is -2.25. The largest absolute Gasteiger partial charge is 0.347 e. The Balaban J connectivity index is 1.73. The fourth-order valence-corrected chi connectivity index (χ4v) is 3.48. The second-order valence-electron chi connectivity index (χ2n) is 7.65. The number of benzene rings is 2. The van der Waals surface area contributed by atoms with Crippen LogP contribution in [0.2, 0.25) is 0 Å². The van der Waals surface area contributed by atoms with Gasteiger partial charge in [-0.15, -0.1) is 0 Å². The van der Waals surface area contributed by atoms with E-state index in [1.54, 1.807) is 43.3 Å². The first-order chi connectivity index (χ1) is 13.7. The number of hydrogen-bond donors (Lipinski definition) is 2. The monoisotopic (exact) mass is 397 g/mol. The zero-order valence-electron chi connectivity index (χ0n) is 16.6. The third-order valence-corrected chi connectivity index (χ3v) is 5.14. The minimum absolute atomic E-state index is 0.0297. The van der Waals surface area contributed by atoms with Crippen LogP contribution in [0.1, 0.15) is 37.9 Å². The van der Waals surface area contributed by atoms with Crippen LogP contribution >= 0.6 is 0 Å². The average Bonchev–Trinajstić information content (AvgIpc) is 2.91. The molecular formula is C22H24FN3O3. The van der Waals surface area contributed by atoms with Crippen molar-refractivity contribution in [2.45, 2.75) is 32.4 Å². The lowest BCUT2D eigenvalue weighted by Crippen LogP contribution is -2.44. The van der Waals surface area contributed by atoms with Gasteiger partial charge in [0.25, 0.3) is 5.91 Å². The molecule has 0 saturated carbocycles. The van der Waals surface area contributed by atoms with E-state index in [9.17, 15) is 18.8 Å². The van der Waals surface area contributed by atoms with Crippen LogP contribution < -0.4 is 10.6 Å². The van der Waals surface area contributed by atoms with Crippen molar-refractivity contribution < 1.29 is 18.8 Å². The summed E-state index contributed by atoms with van der Waals surface area (Å²) in [6, 6.07) is 13.8. The maximum Gasteiger partial charge on any atom is 0.325 e. The Hall–Kier alpha value is -3.22. The topological polar surface area (TPSA) is 78.5 Å². The second kappa shape index (κ2) is 8.03. The molecule has 1 aliphatic rings. The number of urea groups is 1. The molecule has 6 nitrogen and oxygen atoms in total. The van der Waals surface area contributed by atoms with E-state index in [0.29, 0.717) is 5.56 Å². The first-order valence-corrected chi connectivity index (χ1v) is 9.47. The number of amides is 4. The number of halogens is 1. The van der Waals surface area contributed by atoms with Crippen LogP contribution in [-0.2, 0) is 15.1 Å². The van der Waals surface area contributed by atoms with Gasteiger partial charge >= 0.3 is 6.03 Å². The molecule has 1 aliphatic heterocycles. The summed E-state index contributed by atoms with van der Waals surface area (Å²) in [5.41, 5.74) is 0.182. The van der Waals surface area contributed by atoms with Crippen LogP contribution in [0.25, 0.3) is 0 Å². The summed E-state index contributed by atoms with van der Waals surface area (Å²) in [5, 5.41) is 5.53. The zero-order valence-corrected chi connectivity index (χ0v) is 16.6. The smallest absolute Gasteiger partial charge is 0.325 e. The molecule has 1 saturated heterocycles. The molecule has 29 heavy (non-hydrogen) atoms. The molecule has 2 unspecified atom stereocenters. The highest BCUT2D eigenvalue weighted by atomic mass is 19.1. The summed E-state index contributed by atoms with van der Waals surface area (Å²) in [5.74, 6) is -1.27. The molecule has 2 N–H and O–H groups in total. The first-order valence-electron chi connectivity index (χ1n) is 9.47. The van der Waals surface area contributed by atoms with Gasteiger partial charge in [0.1, 0.15) is 17.9 Å². The van der Waals surface area contributed by atoms with Crippen molar-refractivity contribution in [2.75, 3.05) is 6.54 Å². The van der Waals surface area contributed by atoms with Crippen molar-refractivity contribution in [3.63, 3.8) is 0 Å². The van der Waals surface area contributed by atoms with Crippen molar-refractivity contribution in [3.05, 3.63) is 71.5 Å². The molecule has 1 fully saturated rings. The van der Waals surface area contributed by atoms with Gasteiger partial charge in [-0.25, -0.2) is 9.18 Å². The predicted octanol–water partition coefficient (Wildman–Crippen LogP) is 3.11. The highest BCUT2D eigenvalue weighted by molar-refractivity contribution is 6.09. The van der Waals surface area contributed by atoms with Crippen LogP contribution in [-0.4, -0.2) is 29.3 Å². The van der Waals surface area contributed by atoms with Crippen molar-refractivity contribution >= 4 is 17.8 Å². The Bertz CT molecular complexity index is 915. The minimum Gasteiger partial charge on any atom is -0.347 e. The molecule has 1 heterocycles. The highest BCUT2D eigenvalue weighted by Gasteiger charge is 2.49. The van der Waals surface area contributed by atoms with Gasteiger partial charge in [0.2, 0.25) is 5.91 Å². The van der Waals surface area contributed by atoms with E-state index in [-0.39, 0.29) is 17.8 Å². The van der Waals surface area contributed by atoms with E-state index < -0.39 is 29.9 Å². The lowest BCUT2D eigenvalue weighted by atomic mass is 9.92. The second-order valence-corrected chi connectivity index (χ2v) is 7.65. The van der Waals surface area contributed by atoms with E-state index in [1.165, 1.54) is 12.1 Å².